The first-order chi connectivity index (χ1) is 18.0. The second kappa shape index (κ2) is 10.7. The van der Waals surface area contributed by atoms with Crippen LogP contribution in [0.1, 0.15) is 28.8 Å². The highest BCUT2D eigenvalue weighted by atomic mass is 19.1. The van der Waals surface area contributed by atoms with Gasteiger partial charge in [-0.15, -0.1) is 0 Å². The van der Waals surface area contributed by atoms with Crippen LogP contribution in [0.2, 0.25) is 0 Å². The number of ether oxygens (including phenoxy) is 1. The third-order valence-electron chi connectivity index (χ3n) is 6.60. The second-order valence-electron chi connectivity index (χ2n) is 9.02. The molecule has 3 heterocycles. The summed E-state index contributed by atoms with van der Waals surface area (Å²) in [5, 5.41) is 7.46. The molecule has 0 radical (unpaired) electrons. The summed E-state index contributed by atoms with van der Waals surface area (Å²) in [5.41, 5.74) is 2.03. The number of piperidine rings is 1. The molecule has 1 fully saturated rings. The summed E-state index contributed by atoms with van der Waals surface area (Å²) in [7, 11) is 1.61. The number of carbonyl (C=O) groups is 2. The molecule has 2 amide bonds. The smallest absolute Gasteiger partial charge is 0.259 e. The van der Waals surface area contributed by atoms with Gasteiger partial charge in [-0.25, -0.2) is 9.07 Å². The van der Waals surface area contributed by atoms with Crippen LogP contribution in [0.3, 0.4) is 0 Å². The van der Waals surface area contributed by atoms with Crippen LogP contribution in [-0.2, 0) is 11.3 Å². The van der Waals surface area contributed by atoms with Crippen LogP contribution in [0, 0.1) is 11.7 Å². The molecule has 1 aliphatic heterocycles. The van der Waals surface area contributed by atoms with E-state index in [0.29, 0.717) is 36.7 Å². The van der Waals surface area contributed by atoms with E-state index in [1.54, 1.807) is 28.8 Å². The highest BCUT2D eigenvalue weighted by Crippen LogP contribution is 2.25. The number of likely N-dealkylation sites (tertiary alicyclic amines) is 1. The number of benzene rings is 2. The predicted molar refractivity (Wildman–Crippen MR) is 136 cm³/mol. The summed E-state index contributed by atoms with van der Waals surface area (Å²) in [4.78, 5) is 28.3. The number of methoxy groups -OCH3 is 1. The first-order valence-corrected chi connectivity index (χ1v) is 12.2. The van der Waals surface area contributed by atoms with Crippen molar-refractivity contribution in [3.8, 4) is 17.3 Å². The maximum Gasteiger partial charge on any atom is 0.259 e. The molecule has 4 aromatic rings. The minimum atomic E-state index is -0.348. The van der Waals surface area contributed by atoms with Gasteiger partial charge in [0.2, 0.25) is 5.91 Å². The fourth-order valence-electron chi connectivity index (χ4n) is 4.61. The Kier molecular flexibility index (Phi) is 7.02. The summed E-state index contributed by atoms with van der Waals surface area (Å²) in [5.74, 6) is 0.425. The summed E-state index contributed by atoms with van der Waals surface area (Å²) in [6.45, 7) is 1.31. The van der Waals surface area contributed by atoms with E-state index in [1.807, 2.05) is 53.4 Å². The highest BCUT2D eigenvalue weighted by Gasteiger charge is 2.31. The molecule has 0 aliphatic carbocycles. The molecular weight excluding hydrogens is 473 g/mol. The first-order valence-electron chi connectivity index (χ1n) is 12.2. The molecule has 2 aromatic carbocycles. The van der Waals surface area contributed by atoms with Crippen LogP contribution in [0.15, 0.2) is 79.3 Å². The topological polar surface area (TPSA) is 81.4 Å². The molecule has 0 saturated carbocycles. The van der Waals surface area contributed by atoms with Crippen LogP contribution in [-0.4, -0.2) is 51.3 Å². The van der Waals surface area contributed by atoms with E-state index in [4.69, 9.17) is 4.74 Å². The normalized spacial score (nSPS) is 15.4. The predicted octanol–water partition coefficient (Wildman–Crippen LogP) is 3.98. The van der Waals surface area contributed by atoms with Gasteiger partial charge in [-0.2, -0.15) is 5.10 Å². The fourth-order valence-corrected chi connectivity index (χ4v) is 4.61. The molecule has 1 atom stereocenters. The summed E-state index contributed by atoms with van der Waals surface area (Å²) >= 11 is 0. The van der Waals surface area contributed by atoms with E-state index in [0.717, 1.165) is 24.2 Å². The molecule has 8 nitrogen and oxygen atoms in total. The number of hydrogen-bond acceptors (Lipinski definition) is 4. The summed E-state index contributed by atoms with van der Waals surface area (Å²) in [6, 6.07) is 17.2. The minimum absolute atomic E-state index is 0.0686. The van der Waals surface area contributed by atoms with Crippen molar-refractivity contribution in [2.24, 2.45) is 5.92 Å². The molecule has 2 aromatic heterocycles. The van der Waals surface area contributed by atoms with E-state index in [-0.39, 0.29) is 23.5 Å². The number of carbonyl (C=O) groups excluding carboxylic acids is 2. The zero-order valence-corrected chi connectivity index (χ0v) is 20.5. The molecule has 9 heteroatoms. The third-order valence-corrected chi connectivity index (χ3v) is 6.60. The summed E-state index contributed by atoms with van der Waals surface area (Å²) < 4.78 is 22.1. The maximum atomic E-state index is 13.7. The van der Waals surface area contributed by atoms with E-state index in [9.17, 15) is 14.0 Å². The van der Waals surface area contributed by atoms with Crippen molar-refractivity contribution in [3.05, 3.63) is 96.2 Å². The average Bonchev–Trinajstić information content (AvgIpc) is 3.62. The number of nitrogens with zero attached hydrogens (tertiary/aromatic N) is 4. The lowest BCUT2D eigenvalue weighted by Crippen LogP contribution is -2.45. The van der Waals surface area contributed by atoms with E-state index < -0.39 is 0 Å². The standard InChI is InChI=1S/C28H28FN5O3/c1-37-24-12-6-20(7-13-24)17-30-26(35)21-5-4-16-33(19-21)28(36)25-18-31-34(23-10-8-22(29)9-11-23)27(25)32-14-2-3-15-32/h2-3,6-15,18,21H,4-5,16-17,19H2,1H3,(H,30,35)/t21-/m0/s1. The molecule has 0 bridgehead atoms. The van der Waals surface area contributed by atoms with Crippen molar-refractivity contribution in [2.45, 2.75) is 19.4 Å². The van der Waals surface area contributed by atoms with Crippen LogP contribution in [0.25, 0.3) is 11.5 Å². The van der Waals surface area contributed by atoms with Gasteiger partial charge in [0, 0.05) is 32.0 Å². The molecule has 1 N–H and O–H groups in total. The Morgan fingerprint density at radius 2 is 1.81 bits per heavy atom. The fraction of sp³-hybridized carbons (Fsp3) is 0.250. The number of nitrogens with one attached hydrogen (secondary N) is 1. The van der Waals surface area contributed by atoms with Gasteiger partial charge in [0.1, 0.15) is 17.1 Å². The minimum Gasteiger partial charge on any atom is -0.497 e. The van der Waals surface area contributed by atoms with Crippen LogP contribution >= 0.6 is 0 Å². The van der Waals surface area contributed by atoms with Crippen molar-refractivity contribution in [1.82, 2.24) is 24.6 Å². The Balaban J connectivity index is 1.32. The number of halogens is 1. The Morgan fingerprint density at radius 1 is 1.08 bits per heavy atom. The van der Waals surface area contributed by atoms with Crippen molar-refractivity contribution in [3.63, 3.8) is 0 Å². The van der Waals surface area contributed by atoms with Gasteiger partial charge >= 0.3 is 0 Å². The van der Waals surface area contributed by atoms with Crippen molar-refractivity contribution in [2.75, 3.05) is 20.2 Å². The molecular formula is C28H28FN5O3. The SMILES string of the molecule is COc1ccc(CNC(=O)[C@H]2CCCN(C(=O)c3cnn(-c4ccc(F)cc4)c3-n3cccc3)C2)cc1. The number of aromatic nitrogens is 3. The lowest BCUT2D eigenvalue weighted by atomic mass is 9.96. The highest BCUT2D eigenvalue weighted by molar-refractivity contribution is 5.97. The van der Waals surface area contributed by atoms with Gasteiger partial charge in [-0.05, 0) is 66.9 Å². The molecule has 5 rings (SSSR count). The molecule has 0 unspecified atom stereocenters. The first kappa shape index (κ1) is 24.3. The van der Waals surface area contributed by atoms with Crippen LogP contribution in [0.5, 0.6) is 5.75 Å². The lowest BCUT2D eigenvalue weighted by molar-refractivity contribution is -0.126. The zero-order valence-electron chi connectivity index (χ0n) is 20.5. The monoisotopic (exact) mass is 501 g/mol. The Morgan fingerprint density at radius 3 is 2.51 bits per heavy atom. The Hall–Kier alpha value is -4.40. The second-order valence-corrected chi connectivity index (χ2v) is 9.02. The largest absolute Gasteiger partial charge is 0.497 e. The van der Waals surface area contributed by atoms with Gasteiger partial charge in [-0.3, -0.25) is 9.59 Å². The Bertz CT molecular complexity index is 1360. The van der Waals surface area contributed by atoms with Gasteiger partial charge < -0.3 is 19.5 Å². The molecule has 190 valence electrons. The van der Waals surface area contributed by atoms with Gasteiger partial charge in [-0.1, -0.05) is 12.1 Å². The maximum absolute atomic E-state index is 13.7. The molecule has 37 heavy (non-hydrogen) atoms. The van der Waals surface area contributed by atoms with Crippen LogP contribution < -0.4 is 10.1 Å². The Labute approximate surface area is 214 Å². The zero-order chi connectivity index (χ0) is 25.8. The lowest BCUT2D eigenvalue weighted by Gasteiger charge is -2.32. The van der Waals surface area contributed by atoms with Gasteiger partial charge in [0.05, 0.1) is 24.9 Å². The van der Waals surface area contributed by atoms with E-state index in [2.05, 4.69) is 10.4 Å². The van der Waals surface area contributed by atoms with E-state index in [1.165, 1.54) is 18.3 Å². The van der Waals surface area contributed by atoms with Crippen LogP contribution in [0.4, 0.5) is 4.39 Å². The molecule has 0 spiro atoms. The molecule has 1 aliphatic rings. The number of amides is 2. The number of hydrogen-bond donors (Lipinski definition) is 1. The van der Waals surface area contributed by atoms with Gasteiger partial charge in [0.25, 0.3) is 5.91 Å². The van der Waals surface area contributed by atoms with Crippen molar-refractivity contribution < 1.29 is 18.7 Å². The molecule has 1 saturated heterocycles. The van der Waals surface area contributed by atoms with Gasteiger partial charge in [0.15, 0.2) is 5.82 Å². The van der Waals surface area contributed by atoms with E-state index >= 15 is 0 Å². The average molecular weight is 502 g/mol. The quantitative estimate of drug-likeness (QED) is 0.415. The summed E-state index contributed by atoms with van der Waals surface area (Å²) in [6.07, 6.45) is 6.65. The number of rotatable bonds is 7. The van der Waals surface area contributed by atoms with Crippen molar-refractivity contribution in [1.29, 1.82) is 0 Å². The van der Waals surface area contributed by atoms with Crippen molar-refractivity contribution >= 4 is 11.8 Å². The third kappa shape index (κ3) is 5.25.